The predicted octanol–water partition coefficient (Wildman–Crippen LogP) is 2.49. The predicted molar refractivity (Wildman–Crippen MR) is 69.7 cm³/mol. The topological polar surface area (TPSA) is 66.4 Å². The Balaban J connectivity index is 2.79. The van der Waals surface area contributed by atoms with Crippen molar-refractivity contribution in [2.75, 3.05) is 10.5 Å². The molecule has 0 saturated heterocycles. The molecule has 4 nitrogen and oxygen atoms in total. The average molecular weight is 257 g/mol. The van der Waals surface area contributed by atoms with Crippen molar-refractivity contribution in [3.63, 3.8) is 0 Å². The molecule has 17 heavy (non-hydrogen) atoms. The van der Waals surface area contributed by atoms with Crippen LogP contribution in [0.1, 0.15) is 25.8 Å². The van der Waals surface area contributed by atoms with Crippen LogP contribution in [0, 0.1) is 12.8 Å². The lowest BCUT2D eigenvalue weighted by Crippen LogP contribution is -2.18. The molecule has 0 aliphatic rings. The van der Waals surface area contributed by atoms with E-state index in [2.05, 4.69) is 4.72 Å². The Morgan fingerprint density at radius 3 is 2.59 bits per heavy atom. The number of phenols is 1. The first-order valence-electron chi connectivity index (χ1n) is 5.60. The van der Waals surface area contributed by atoms with Crippen molar-refractivity contribution >= 4 is 15.7 Å². The Morgan fingerprint density at radius 1 is 1.35 bits per heavy atom. The fourth-order valence-electron chi connectivity index (χ4n) is 1.34. The maximum atomic E-state index is 11.7. The average Bonchev–Trinajstić information content (AvgIpc) is 2.20. The Hall–Kier alpha value is -1.23. The van der Waals surface area contributed by atoms with Gasteiger partial charge >= 0.3 is 0 Å². The highest BCUT2D eigenvalue weighted by molar-refractivity contribution is 7.92. The molecular weight excluding hydrogens is 238 g/mol. The van der Waals surface area contributed by atoms with Crippen molar-refractivity contribution in [2.45, 2.75) is 27.2 Å². The summed E-state index contributed by atoms with van der Waals surface area (Å²) < 4.78 is 25.9. The minimum atomic E-state index is -3.38. The van der Waals surface area contributed by atoms with E-state index in [4.69, 9.17) is 0 Å². The molecule has 5 heteroatoms. The molecule has 1 rings (SSSR count). The van der Waals surface area contributed by atoms with Crippen molar-refractivity contribution in [1.82, 2.24) is 0 Å². The second-order valence-electron chi connectivity index (χ2n) is 4.62. The Morgan fingerprint density at radius 2 is 2.00 bits per heavy atom. The monoisotopic (exact) mass is 257 g/mol. The van der Waals surface area contributed by atoms with Crippen molar-refractivity contribution in [1.29, 1.82) is 0 Å². The zero-order valence-electron chi connectivity index (χ0n) is 10.4. The van der Waals surface area contributed by atoms with Gasteiger partial charge in [-0.25, -0.2) is 8.42 Å². The lowest BCUT2D eigenvalue weighted by atomic mass is 10.2. The summed E-state index contributed by atoms with van der Waals surface area (Å²) in [5, 5.41) is 9.55. The molecule has 0 aromatic heterocycles. The van der Waals surface area contributed by atoms with Gasteiger partial charge in [0, 0.05) is 0 Å². The number of sulfonamides is 1. The number of anilines is 1. The molecule has 0 aliphatic heterocycles. The van der Waals surface area contributed by atoms with Gasteiger partial charge in [-0.2, -0.15) is 0 Å². The Bertz CT molecular complexity index is 481. The van der Waals surface area contributed by atoms with Crippen LogP contribution in [0.15, 0.2) is 18.2 Å². The number of hydrogen-bond donors (Lipinski definition) is 2. The lowest BCUT2D eigenvalue weighted by molar-refractivity contribution is 0.477. The normalized spacial score (nSPS) is 11.8. The number of hydrogen-bond acceptors (Lipinski definition) is 3. The maximum absolute atomic E-state index is 11.7. The molecule has 0 amide bonds. The lowest BCUT2D eigenvalue weighted by Gasteiger charge is -2.11. The first-order chi connectivity index (χ1) is 7.80. The van der Waals surface area contributed by atoms with Crippen LogP contribution in [-0.4, -0.2) is 19.3 Å². The third-order valence-electron chi connectivity index (χ3n) is 2.38. The van der Waals surface area contributed by atoms with Crippen molar-refractivity contribution in [3.8, 4) is 5.75 Å². The smallest absolute Gasteiger partial charge is 0.232 e. The number of benzene rings is 1. The van der Waals surface area contributed by atoms with Gasteiger partial charge in [0.1, 0.15) is 5.75 Å². The third-order valence-corrected chi connectivity index (χ3v) is 3.69. The van der Waals surface area contributed by atoms with Crippen LogP contribution in [0.4, 0.5) is 5.69 Å². The van der Waals surface area contributed by atoms with Gasteiger partial charge in [0.05, 0.1) is 11.4 Å². The first kappa shape index (κ1) is 13.8. The van der Waals surface area contributed by atoms with Gasteiger partial charge in [-0.1, -0.05) is 19.9 Å². The molecule has 0 atom stereocenters. The van der Waals surface area contributed by atoms with Gasteiger partial charge in [-0.15, -0.1) is 0 Å². The van der Waals surface area contributed by atoms with Crippen LogP contribution >= 0.6 is 0 Å². The summed E-state index contributed by atoms with van der Waals surface area (Å²) in [6, 6.07) is 4.82. The molecule has 0 heterocycles. The fraction of sp³-hybridized carbons (Fsp3) is 0.500. The molecule has 96 valence electrons. The van der Waals surface area contributed by atoms with Crippen molar-refractivity contribution < 1.29 is 13.5 Å². The van der Waals surface area contributed by atoms with E-state index in [1.54, 1.807) is 12.1 Å². The minimum Gasteiger partial charge on any atom is -0.506 e. The highest BCUT2D eigenvalue weighted by Crippen LogP contribution is 2.25. The summed E-state index contributed by atoms with van der Waals surface area (Å²) in [5.74, 6) is 0.347. The maximum Gasteiger partial charge on any atom is 0.232 e. The SMILES string of the molecule is Cc1ccc(O)c(NS(=O)(=O)CCC(C)C)c1. The van der Waals surface area contributed by atoms with E-state index in [1.807, 2.05) is 20.8 Å². The molecule has 0 unspecified atom stereocenters. The van der Waals surface area contributed by atoms with Crippen LogP contribution in [0.25, 0.3) is 0 Å². The zero-order chi connectivity index (χ0) is 13.1. The molecule has 0 radical (unpaired) electrons. The van der Waals surface area contributed by atoms with E-state index < -0.39 is 10.0 Å². The molecule has 1 aromatic rings. The number of phenolic OH excluding ortho intramolecular Hbond substituents is 1. The molecule has 1 aromatic carbocycles. The highest BCUT2D eigenvalue weighted by Gasteiger charge is 2.13. The summed E-state index contributed by atoms with van der Waals surface area (Å²) in [5.41, 5.74) is 1.14. The number of aromatic hydroxyl groups is 1. The van der Waals surface area contributed by atoms with E-state index in [9.17, 15) is 13.5 Å². The summed E-state index contributed by atoms with van der Waals surface area (Å²) in [6.07, 6.45) is 0.599. The summed E-state index contributed by atoms with van der Waals surface area (Å²) in [4.78, 5) is 0. The van der Waals surface area contributed by atoms with Gasteiger partial charge < -0.3 is 5.11 Å². The molecule has 0 bridgehead atoms. The molecule has 0 aliphatic carbocycles. The number of nitrogens with one attached hydrogen (secondary N) is 1. The largest absolute Gasteiger partial charge is 0.506 e. The summed E-state index contributed by atoms with van der Waals surface area (Å²) in [6.45, 7) is 5.78. The van der Waals surface area contributed by atoms with Gasteiger partial charge in [0.2, 0.25) is 10.0 Å². The summed E-state index contributed by atoms with van der Waals surface area (Å²) >= 11 is 0. The second-order valence-corrected chi connectivity index (χ2v) is 6.47. The van der Waals surface area contributed by atoms with E-state index in [0.29, 0.717) is 12.3 Å². The Kier molecular flexibility index (Phi) is 4.40. The van der Waals surface area contributed by atoms with E-state index in [-0.39, 0.29) is 17.2 Å². The standard InChI is InChI=1S/C12H19NO3S/c1-9(2)6-7-17(15,16)13-11-8-10(3)4-5-12(11)14/h4-5,8-9,13-14H,6-7H2,1-3H3. The first-order valence-corrected chi connectivity index (χ1v) is 7.25. The van der Waals surface area contributed by atoms with Gasteiger partial charge in [-0.3, -0.25) is 4.72 Å². The fourth-order valence-corrected chi connectivity index (χ4v) is 2.72. The van der Waals surface area contributed by atoms with Crippen LogP contribution in [-0.2, 0) is 10.0 Å². The van der Waals surface area contributed by atoms with E-state index in [0.717, 1.165) is 5.56 Å². The third kappa shape index (κ3) is 4.65. The number of aryl methyl sites for hydroxylation is 1. The molecule has 0 fully saturated rings. The second kappa shape index (κ2) is 5.40. The van der Waals surface area contributed by atoms with Gasteiger partial charge in [0.25, 0.3) is 0 Å². The Labute approximate surface area is 103 Å². The zero-order valence-corrected chi connectivity index (χ0v) is 11.2. The summed E-state index contributed by atoms with van der Waals surface area (Å²) in [7, 11) is -3.38. The van der Waals surface area contributed by atoms with Crippen LogP contribution in [0.2, 0.25) is 0 Å². The van der Waals surface area contributed by atoms with Crippen molar-refractivity contribution in [3.05, 3.63) is 23.8 Å². The van der Waals surface area contributed by atoms with Crippen LogP contribution in [0.5, 0.6) is 5.75 Å². The number of rotatable bonds is 5. The van der Waals surface area contributed by atoms with E-state index >= 15 is 0 Å². The molecular formula is C12H19NO3S. The van der Waals surface area contributed by atoms with Crippen molar-refractivity contribution in [2.24, 2.45) is 5.92 Å². The van der Waals surface area contributed by atoms with Gasteiger partial charge in [0.15, 0.2) is 0 Å². The van der Waals surface area contributed by atoms with Gasteiger partial charge in [-0.05, 0) is 37.0 Å². The highest BCUT2D eigenvalue weighted by atomic mass is 32.2. The minimum absolute atomic E-state index is 0.0521. The van der Waals surface area contributed by atoms with Crippen LogP contribution in [0.3, 0.4) is 0 Å². The molecule has 0 saturated carbocycles. The van der Waals surface area contributed by atoms with Crippen LogP contribution < -0.4 is 4.72 Å². The molecule has 2 N–H and O–H groups in total. The molecule has 0 spiro atoms. The van der Waals surface area contributed by atoms with E-state index in [1.165, 1.54) is 6.07 Å². The quantitative estimate of drug-likeness (QED) is 0.796.